The van der Waals surface area contributed by atoms with Gasteiger partial charge in [-0.15, -0.1) is 0 Å². The monoisotopic (exact) mass is 530 g/mol. The number of ether oxygens (including phenoxy) is 1. The van der Waals surface area contributed by atoms with Gasteiger partial charge in [-0.3, -0.25) is 4.79 Å². The van der Waals surface area contributed by atoms with Crippen LogP contribution >= 0.6 is 0 Å². The molecule has 0 bridgehead atoms. The summed E-state index contributed by atoms with van der Waals surface area (Å²) in [5, 5.41) is 0. The Kier molecular flexibility index (Phi) is 6.06. The highest BCUT2D eigenvalue weighted by Crippen LogP contribution is 2.52. The highest BCUT2D eigenvalue weighted by molar-refractivity contribution is 7.89. The van der Waals surface area contributed by atoms with E-state index in [0.29, 0.717) is 13.2 Å². The quantitative estimate of drug-likeness (QED) is 0.550. The van der Waals surface area contributed by atoms with Crippen molar-refractivity contribution in [2.75, 3.05) is 13.2 Å². The van der Waals surface area contributed by atoms with Crippen molar-refractivity contribution in [3.63, 3.8) is 0 Å². The zero-order valence-electron chi connectivity index (χ0n) is 20.9. The lowest BCUT2D eigenvalue weighted by molar-refractivity contribution is -0.141. The van der Waals surface area contributed by atoms with E-state index in [0.717, 1.165) is 35.3 Å². The Balaban J connectivity index is 1.31. The molecule has 0 unspecified atom stereocenters. The van der Waals surface area contributed by atoms with Crippen LogP contribution in [0.3, 0.4) is 0 Å². The first kappa shape index (κ1) is 24.8. The van der Waals surface area contributed by atoms with Crippen molar-refractivity contribution in [1.29, 1.82) is 0 Å². The van der Waals surface area contributed by atoms with Crippen LogP contribution in [0.25, 0.3) is 0 Å². The summed E-state index contributed by atoms with van der Waals surface area (Å²) in [7, 11) is -3.87. The van der Waals surface area contributed by atoms with Gasteiger partial charge in [0.1, 0.15) is 11.8 Å². The number of amides is 1. The maximum Gasteiger partial charge on any atom is 0.248 e. The Labute approximate surface area is 216 Å². The Morgan fingerprint density at radius 1 is 1.14 bits per heavy atom. The summed E-state index contributed by atoms with van der Waals surface area (Å²) < 4.78 is 62.4. The number of fused-ring (bicyclic) bond motifs is 2. The number of hydrogen-bond acceptors (Lipinski definition) is 4. The first-order chi connectivity index (χ1) is 17.6. The standard InChI is InChI=1S/C28H32F2N2O4S/c1-18-2-6-23(7-3-18)37(34,35)32-17-21-15-24(21)26(32)27(33)31(22-8-11-28(29,30)12-9-22)16-19-4-5-20-10-13-36-25(20)14-19/h2-7,14,21-22,24,26H,8-13,15-17H2,1H3/t21-,24-,26+/m1/s1. The highest BCUT2D eigenvalue weighted by atomic mass is 32.2. The van der Waals surface area contributed by atoms with Crippen molar-refractivity contribution < 1.29 is 26.7 Å². The predicted octanol–water partition coefficient (Wildman–Crippen LogP) is 4.55. The molecule has 2 saturated carbocycles. The second kappa shape index (κ2) is 9.05. The average Bonchev–Trinajstić information content (AvgIpc) is 3.29. The lowest BCUT2D eigenvalue weighted by Gasteiger charge is -2.39. The second-order valence-corrected chi connectivity index (χ2v) is 13.0. The van der Waals surface area contributed by atoms with E-state index in [-0.39, 0.29) is 60.9 Å². The van der Waals surface area contributed by atoms with E-state index in [1.165, 1.54) is 4.31 Å². The summed E-state index contributed by atoms with van der Waals surface area (Å²) in [5.41, 5.74) is 2.94. The maximum absolute atomic E-state index is 14.2. The van der Waals surface area contributed by atoms with Gasteiger partial charge in [0.25, 0.3) is 0 Å². The van der Waals surface area contributed by atoms with Gasteiger partial charge in [-0.05, 0) is 67.3 Å². The molecular weight excluding hydrogens is 498 g/mol. The molecule has 4 aliphatic rings. The van der Waals surface area contributed by atoms with E-state index in [1.807, 2.05) is 25.1 Å². The van der Waals surface area contributed by atoms with Crippen molar-refractivity contribution in [3.05, 3.63) is 59.2 Å². The van der Waals surface area contributed by atoms with Crippen LogP contribution in [-0.4, -0.2) is 54.7 Å². The van der Waals surface area contributed by atoms with Gasteiger partial charge in [0, 0.05) is 38.4 Å². The minimum absolute atomic E-state index is 0.0244. The van der Waals surface area contributed by atoms with Gasteiger partial charge in [0.05, 0.1) is 11.5 Å². The SMILES string of the molecule is Cc1ccc(S(=O)(=O)N2C[C@H]3C[C@H]3[C@H]2C(=O)N(Cc2ccc3c(c2)OCC3)C2CCC(F)(F)CC2)cc1. The van der Waals surface area contributed by atoms with Crippen molar-refractivity contribution in [2.24, 2.45) is 11.8 Å². The van der Waals surface area contributed by atoms with Gasteiger partial charge in [-0.25, -0.2) is 17.2 Å². The third kappa shape index (κ3) is 4.65. The first-order valence-corrected chi connectivity index (χ1v) is 14.6. The summed E-state index contributed by atoms with van der Waals surface area (Å²) in [6, 6.07) is 11.4. The number of benzene rings is 2. The summed E-state index contributed by atoms with van der Waals surface area (Å²) in [6.07, 6.45) is 1.53. The summed E-state index contributed by atoms with van der Waals surface area (Å²) in [5.74, 6) is -2.05. The van der Waals surface area contributed by atoms with Gasteiger partial charge in [-0.2, -0.15) is 4.31 Å². The zero-order valence-corrected chi connectivity index (χ0v) is 21.7. The number of carbonyl (C=O) groups excluding carboxylic acids is 1. The predicted molar refractivity (Wildman–Crippen MR) is 134 cm³/mol. The number of rotatable bonds is 6. The zero-order chi connectivity index (χ0) is 25.9. The molecule has 9 heteroatoms. The molecule has 2 aromatic rings. The minimum Gasteiger partial charge on any atom is -0.493 e. The molecular formula is C28H32F2N2O4S. The fraction of sp³-hybridized carbons (Fsp3) is 0.536. The van der Waals surface area contributed by atoms with Gasteiger partial charge < -0.3 is 9.64 Å². The molecule has 3 atom stereocenters. The third-order valence-electron chi connectivity index (χ3n) is 8.51. The first-order valence-electron chi connectivity index (χ1n) is 13.1. The number of halogens is 2. The van der Waals surface area contributed by atoms with Crippen molar-refractivity contribution >= 4 is 15.9 Å². The summed E-state index contributed by atoms with van der Waals surface area (Å²) in [6.45, 7) is 3.08. The van der Waals surface area contributed by atoms with E-state index in [9.17, 15) is 22.0 Å². The molecule has 0 spiro atoms. The van der Waals surface area contributed by atoms with E-state index in [1.54, 1.807) is 29.2 Å². The van der Waals surface area contributed by atoms with Crippen LogP contribution in [0.5, 0.6) is 5.75 Å². The minimum atomic E-state index is -3.87. The van der Waals surface area contributed by atoms with E-state index in [4.69, 9.17) is 4.74 Å². The smallest absolute Gasteiger partial charge is 0.248 e. The molecule has 2 aliphatic carbocycles. The second-order valence-electron chi connectivity index (χ2n) is 11.1. The van der Waals surface area contributed by atoms with Crippen LogP contribution in [0.2, 0.25) is 0 Å². The van der Waals surface area contributed by atoms with E-state index in [2.05, 4.69) is 0 Å². The number of nitrogens with zero attached hydrogens (tertiary/aromatic N) is 2. The molecule has 1 amide bonds. The molecule has 2 heterocycles. The largest absolute Gasteiger partial charge is 0.493 e. The number of piperidine rings is 1. The van der Waals surface area contributed by atoms with Gasteiger partial charge >= 0.3 is 0 Å². The number of aryl methyl sites for hydroxylation is 1. The Morgan fingerprint density at radius 3 is 2.59 bits per heavy atom. The average molecular weight is 531 g/mol. The van der Waals surface area contributed by atoms with Crippen LogP contribution in [0.4, 0.5) is 8.78 Å². The molecule has 6 rings (SSSR count). The number of alkyl halides is 2. The molecule has 0 N–H and O–H groups in total. The van der Waals surface area contributed by atoms with Crippen LogP contribution in [0, 0.1) is 18.8 Å². The summed E-state index contributed by atoms with van der Waals surface area (Å²) >= 11 is 0. The molecule has 0 aromatic heterocycles. The molecule has 2 aromatic carbocycles. The Bertz CT molecular complexity index is 1300. The van der Waals surface area contributed by atoms with Crippen LogP contribution in [0.15, 0.2) is 47.4 Å². The molecule has 1 saturated heterocycles. The van der Waals surface area contributed by atoms with Crippen LogP contribution in [0.1, 0.15) is 48.8 Å². The maximum atomic E-state index is 14.2. The van der Waals surface area contributed by atoms with Gasteiger partial charge in [-0.1, -0.05) is 29.8 Å². The lowest BCUT2D eigenvalue weighted by atomic mass is 9.90. The third-order valence-corrected chi connectivity index (χ3v) is 10.4. The molecule has 198 valence electrons. The molecule has 37 heavy (non-hydrogen) atoms. The van der Waals surface area contributed by atoms with Crippen LogP contribution in [-0.2, 0) is 27.8 Å². The molecule has 0 radical (unpaired) electrons. The number of sulfonamides is 1. The molecule has 2 aliphatic heterocycles. The molecule has 3 fully saturated rings. The fourth-order valence-electron chi connectivity index (χ4n) is 6.22. The Hall–Kier alpha value is -2.52. The Morgan fingerprint density at radius 2 is 1.86 bits per heavy atom. The fourth-order valence-corrected chi connectivity index (χ4v) is 7.91. The van der Waals surface area contributed by atoms with Gasteiger partial charge in [0.2, 0.25) is 21.9 Å². The summed E-state index contributed by atoms with van der Waals surface area (Å²) in [4.78, 5) is 16.1. The molecule has 6 nitrogen and oxygen atoms in total. The topological polar surface area (TPSA) is 66.9 Å². The van der Waals surface area contributed by atoms with Crippen molar-refractivity contribution in [1.82, 2.24) is 9.21 Å². The number of hydrogen-bond donors (Lipinski definition) is 0. The van der Waals surface area contributed by atoms with E-state index < -0.39 is 22.0 Å². The normalized spacial score (nSPS) is 26.8. The lowest BCUT2D eigenvalue weighted by Crippen LogP contribution is -2.53. The van der Waals surface area contributed by atoms with E-state index >= 15 is 0 Å². The van der Waals surface area contributed by atoms with Crippen molar-refractivity contribution in [2.45, 2.75) is 74.9 Å². The van der Waals surface area contributed by atoms with Gasteiger partial charge in [0.15, 0.2) is 0 Å². The van der Waals surface area contributed by atoms with Crippen LogP contribution < -0.4 is 4.74 Å². The number of carbonyl (C=O) groups is 1. The van der Waals surface area contributed by atoms with Crippen molar-refractivity contribution in [3.8, 4) is 5.75 Å². The highest BCUT2D eigenvalue weighted by Gasteiger charge is 2.60.